The number of nitrogens with zero attached hydrogens (tertiary/aromatic N) is 2. The van der Waals surface area contributed by atoms with Crippen LogP contribution >= 0.6 is 0 Å². The second-order valence-corrected chi connectivity index (χ2v) is 5.22. The molecule has 0 spiro atoms. The Morgan fingerprint density at radius 1 is 1.12 bits per heavy atom. The number of nitro groups is 1. The van der Waals surface area contributed by atoms with E-state index in [1.165, 1.54) is 42.5 Å². The van der Waals surface area contributed by atoms with Gasteiger partial charge < -0.3 is 4.74 Å². The lowest BCUT2D eigenvalue weighted by atomic mass is 10.1. The van der Waals surface area contributed by atoms with Crippen LogP contribution in [0.3, 0.4) is 0 Å². The molecule has 0 radical (unpaired) electrons. The second kappa shape index (κ2) is 6.16. The van der Waals surface area contributed by atoms with Gasteiger partial charge in [0.25, 0.3) is 17.5 Å². The van der Waals surface area contributed by atoms with Gasteiger partial charge in [0.1, 0.15) is 11.3 Å². The molecule has 1 aliphatic heterocycles. The molecule has 0 aromatic heterocycles. The van der Waals surface area contributed by atoms with Crippen molar-refractivity contribution in [2.45, 2.75) is 13.3 Å². The number of imide groups is 1. The van der Waals surface area contributed by atoms with E-state index < -0.39 is 28.4 Å². The summed E-state index contributed by atoms with van der Waals surface area (Å²) < 4.78 is 5.03. The number of benzene rings is 2. The monoisotopic (exact) mass is 340 g/mol. The van der Waals surface area contributed by atoms with Crippen LogP contribution in [-0.2, 0) is 4.79 Å². The van der Waals surface area contributed by atoms with Gasteiger partial charge in [0, 0.05) is 12.5 Å². The number of ether oxygens (including phenoxy) is 1. The summed E-state index contributed by atoms with van der Waals surface area (Å²) in [5.74, 6) is -1.53. The number of carbonyl (C=O) groups is 3. The van der Waals surface area contributed by atoms with E-state index in [1.807, 2.05) is 0 Å². The summed E-state index contributed by atoms with van der Waals surface area (Å²) in [5, 5.41) is 11.1. The Kier molecular flexibility index (Phi) is 4.02. The lowest BCUT2D eigenvalue weighted by Gasteiger charge is -2.14. The third-order valence-corrected chi connectivity index (χ3v) is 3.70. The maximum Gasteiger partial charge on any atom is 0.310 e. The molecule has 2 aromatic rings. The van der Waals surface area contributed by atoms with E-state index in [9.17, 15) is 24.5 Å². The molecule has 2 aromatic carbocycles. The minimum absolute atomic E-state index is 0.0133. The third kappa shape index (κ3) is 2.74. The maximum atomic E-state index is 12.6. The van der Waals surface area contributed by atoms with Gasteiger partial charge in [0.2, 0.25) is 0 Å². The van der Waals surface area contributed by atoms with E-state index in [0.29, 0.717) is 0 Å². The smallest absolute Gasteiger partial charge is 0.310 e. The zero-order chi connectivity index (χ0) is 18.1. The highest BCUT2D eigenvalue weighted by atomic mass is 16.6. The molecule has 0 saturated heterocycles. The van der Waals surface area contributed by atoms with Crippen LogP contribution in [-0.4, -0.2) is 22.7 Å². The highest BCUT2D eigenvalue weighted by molar-refractivity contribution is 6.35. The van der Waals surface area contributed by atoms with Gasteiger partial charge in [0.15, 0.2) is 0 Å². The molecule has 2 amide bonds. The first-order valence-corrected chi connectivity index (χ1v) is 7.41. The fourth-order valence-corrected chi connectivity index (χ4v) is 2.52. The quantitative estimate of drug-likeness (QED) is 0.278. The summed E-state index contributed by atoms with van der Waals surface area (Å²) in [6.45, 7) is 1.66. The fraction of sp³-hybridized carbons (Fsp3) is 0.118. The molecule has 0 N–H and O–H groups in total. The minimum Gasteiger partial charge on any atom is -0.427 e. The average molecular weight is 340 g/mol. The van der Waals surface area contributed by atoms with Gasteiger partial charge in [-0.2, -0.15) is 0 Å². The lowest BCUT2D eigenvalue weighted by molar-refractivity contribution is -0.385. The third-order valence-electron chi connectivity index (χ3n) is 3.70. The van der Waals surface area contributed by atoms with Gasteiger partial charge in [-0.1, -0.05) is 13.0 Å². The van der Waals surface area contributed by atoms with E-state index in [0.717, 1.165) is 4.90 Å². The van der Waals surface area contributed by atoms with Crippen molar-refractivity contribution in [3.05, 3.63) is 63.7 Å². The maximum absolute atomic E-state index is 12.6. The van der Waals surface area contributed by atoms with E-state index in [1.54, 1.807) is 6.92 Å². The van der Waals surface area contributed by atoms with Gasteiger partial charge in [0.05, 0.1) is 16.2 Å². The second-order valence-electron chi connectivity index (χ2n) is 5.22. The number of anilines is 1. The number of fused-ring (bicyclic) bond motifs is 1. The summed E-state index contributed by atoms with van der Waals surface area (Å²) >= 11 is 0. The normalized spacial score (nSPS) is 12.9. The largest absolute Gasteiger partial charge is 0.427 e. The number of carbonyl (C=O) groups excluding carboxylic acids is 3. The Morgan fingerprint density at radius 3 is 2.40 bits per heavy atom. The number of hydrogen-bond donors (Lipinski definition) is 0. The predicted molar refractivity (Wildman–Crippen MR) is 86.6 cm³/mol. The molecule has 0 saturated carbocycles. The van der Waals surface area contributed by atoms with Crippen molar-refractivity contribution in [3.63, 3.8) is 0 Å². The first-order valence-electron chi connectivity index (χ1n) is 7.41. The van der Waals surface area contributed by atoms with Crippen LogP contribution in [0.4, 0.5) is 11.4 Å². The molecular weight excluding hydrogens is 328 g/mol. The summed E-state index contributed by atoms with van der Waals surface area (Å²) in [6.07, 6.45) is 0.212. The zero-order valence-electron chi connectivity index (χ0n) is 13.1. The molecular formula is C17H12N2O6. The highest BCUT2D eigenvalue weighted by Crippen LogP contribution is 2.34. The highest BCUT2D eigenvalue weighted by Gasteiger charge is 2.41. The van der Waals surface area contributed by atoms with Crippen LogP contribution in [0, 0.1) is 10.1 Å². The number of rotatable bonds is 4. The summed E-state index contributed by atoms with van der Waals surface area (Å²) in [6, 6.07) is 9.68. The number of nitro benzene ring substituents is 1. The van der Waals surface area contributed by atoms with Crippen molar-refractivity contribution >= 4 is 29.2 Å². The van der Waals surface area contributed by atoms with Crippen molar-refractivity contribution in [2.24, 2.45) is 0 Å². The van der Waals surface area contributed by atoms with E-state index >= 15 is 0 Å². The van der Waals surface area contributed by atoms with Crippen LogP contribution in [0.2, 0.25) is 0 Å². The molecule has 1 heterocycles. The lowest BCUT2D eigenvalue weighted by Crippen LogP contribution is -2.29. The standard InChI is InChI=1S/C17H12N2O6/c1-2-14(20)25-11-8-6-10(7-9-11)18-16(21)12-4-3-5-13(19(23)24)15(12)17(18)22/h3-9H,2H2,1H3. The molecule has 25 heavy (non-hydrogen) atoms. The molecule has 0 aliphatic carbocycles. The van der Waals surface area contributed by atoms with Gasteiger partial charge in [-0.05, 0) is 30.3 Å². The van der Waals surface area contributed by atoms with Crippen LogP contribution in [0.5, 0.6) is 5.75 Å². The Balaban J connectivity index is 1.96. The number of hydrogen-bond acceptors (Lipinski definition) is 6. The predicted octanol–water partition coefficient (Wildman–Crippen LogP) is 2.71. The molecule has 0 atom stereocenters. The molecule has 8 nitrogen and oxygen atoms in total. The number of amides is 2. The van der Waals surface area contributed by atoms with Gasteiger partial charge >= 0.3 is 5.97 Å². The first kappa shape index (κ1) is 16.3. The molecule has 3 rings (SSSR count). The summed E-state index contributed by atoms with van der Waals surface area (Å²) in [7, 11) is 0. The Morgan fingerprint density at radius 2 is 1.80 bits per heavy atom. The van der Waals surface area contributed by atoms with Crippen LogP contribution in [0.25, 0.3) is 0 Å². The molecule has 0 unspecified atom stereocenters. The number of esters is 1. The molecule has 126 valence electrons. The van der Waals surface area contributed by atoms with E-state index in [-0.39, 0.29) is 29.0 Å². The Bertz CT molecular complexity index is 904. The fourth-order valence-electron chi connectivity index (χ4n) is 2.52. The van der Waals surface area contributed by atoms with Crippen LogP contribution in [0.1, 0.15) is 34.1 Å². The molecule has 0 fully saturated rings. The van der Waals surface area contributed by atoms with Crippen molar-refractivity contribution in [1.29, 1.82) is 0 Å². The minimum atomic E-state index is -0.759. The average Bonchev–Trinajstić information content (AvgIpc) is 2.86. The van der Waals surface area contributed by atoms with Crippen molar-refractivity contribution in [1.82, 2.24) is 0 Å². The summed E-state index contributed by atoms with van der Waals surface area (Å²) in [5.41, 5.74) is -0.414. The van der Waals surface area contributed by atoms with Gasteiger partial charge in [-0.25, -0.2) is 4.90 Å². The molecule has 1 aliphatic rings. The van der Waals surface area contributed by atoms with E-state index in [4.69, 9.17) is 4.74 Å². The topological polar surface area (TPSA) is 107 Å². The zero-order valence-corrected chi connectivity index (χ0v) is 13.1. The molecule has 8 heteroatoms. The van der Waals surface area contributed by atoms with E-state index in [2.05, 4.69) is 0 Å². The Labute approximate surface area is 141 Å². The van der Waals surface area contributed by atoms with Crippen LogP contribution < -0.4 is 9.64 Å². The van der Waals surface area contributed by atoms with Gasteiger partial charge in [-0.15, -0.1) is 0 Å². The summed E-state index contributed by atoms with van der Waals surface area (Å²) in [4.78, 5) is 47.6. The van der Waals surface area contributed by atoms with Crippen molar-refractivity contribution in [3.8, 4) is 5.75 Å². The molecule has 0 bridgehead atoms. The SMILES string of the molecule is CCC(=O)Oc1ccc(N2C(=O)c3cccc([N+](=O)[O-])c3C2=O)cc1. The Hall–Kier alpha value is -3.55. The van der Waals surface area contributed by atoms with Crippen LogP contribution in [0.15, 0.2) is 42.5 Å². The van der Waals surface area contributed by atoms with Crippen molar-refractivity contribution < 1.29 is 24.0 Å². The first-order chi connectivity index (χ1) is 11.9. The van der Waals surface area contributed by atoms with Gasteiger partial charge in [-0.3, -0.25) is 24.5 Å². The van der Waals surface area contributed by atoms with Crippen molar-refractivity contribution in [2.75, 3.05) is 4.90 Å².